The summed E-state index contributed by atoms with van der Waals surface area (Å²) in [6.07, 6.45) is 3.34. The van der Waals surface area contributed by atoms with Gasteiger partial charge < -0.3 is 5.32 Å². The second kappa shape index (κ2) is 4.73. The minimum Gasteiger partial charge on any atom is -0.325 e. The highest BCUT2D eigenvalue weighted by molar-refractivity contribution is 5.95. The van der Waals surface area contributed by atoms with Crippen LogP contribution in [0.15, 0.2) is 36.7 Å². The van der Waals surface area contributed by atoms with Crippen LogP contribution in [-0.4, -0.2) is 25.7 Å². The number of aryl methyl sites for hydroxylation is 1. The summed E-state index contributed by atoms with van der Waals surface area (Å²) < 4.78 is 1.71. The van der Waals surface area contributed by atoms with Crippen molar-refractivity contribution in [2.24, 2.45) is 7.05 Å². The van der Waals surface area contributed by atoms with Crippen LogP contribution in [0, 0.1) is 0 Å². The van der Waals surface area contributed by atoms with Gasteiger partial charge in [-0.3, -0.25) is 9.78 Å². The standard InChI is InChI=1S/C14H13N5O/c1-9(20)17-10-7-11-13(12-5-3-4-6-15-12)18-19(2)14(11)16-8-10/h3-8H,1-2H3,(H,17,20). The molecule has 0 saturated heterocycles. The quantitative estimate of drug-likeness (QED) is 0.770. The van der Waals surface area contributed by atoms with Crippen molar-refractivity contribution in [3.8, 4) is 11.4 Å². The number of hydrogen-bond donors (Lipinski definition) is 1. The number of nitrogens with zero attached hydrogens (tertiary/aromatic N) is 4. The number of carbonyl (C=O) groups excluding carboxylic acids is 1. The van der Waals surface area contributed by atoms with E-state index in [1.54, 1.807) is 17.1 Å². The van der Waals surface area contributed by atoms with Crippen molar-refractivity contribution in [3.63, 3.8) is 0 Å². The van der Waals surface area contributed by atoms with Crippen molar-refractivity contribution >= 4 is 22.6 Å². The molecule has 0 saturated carbocycles. The first-order valence-corrected chi connectivity index (χ1v) is 6.17. The molecule has 0 unspecified atom stereocenters. The molecule has 1 amide bonds. The molecule has 100 valence electrons. The predicted molar refractivity (Wildman–Crippen MR) is 76.0 cm³/mol. The lowest BCUT2D eigenvalue weighted by Crippen LogP contribution is -2.05. The molecule has 0 aliphatic heterocycles. The van der Waals surface area contributed by atoms with Gasteiger partial charge in [0, 0.05) is 20.2 Å². The minimum atomic E-state index is -0.130. The van der Waals surface area contributed by atoms with Crippen LogP contribution in [0.5, 0.6) is 0 Å². The van der Waals surface area contributed by atoms with E-state index in [0.717, 1.165) is 22.4 Å². The zero-order chi connectivity index (χ0) is 14.1. The molecule has 6 nitrogen and oxygen atoms in total. The van der Waals surface area contributed by atoms with Crippen molar-refractivity contribution in [2.45, 2.75) is 6.92 Å². The van der Waals surface area contributed by atoms with Crippen molar-refractivity contribution in [3.05, 3.63) is 36.7 Å². The normalized spacial score (nSPS) is 10.7. The second-order valence-corrected chi connectivity index (χ2v) is 4.46. The fraction of sp³-hybridized carbons (Fsp3) is 0.143. The van der Waals surface area contributed by atoms with Gasteiger partial charge in [0.15, 0.2) is 5.65 Å². The number of anilines is 1. The summed E-state index contributed by atoms with van der Waals surface area (Å²) in [5.41, 5.74) is 2.93. The summed E-state index contributed by atoms with van der Waals surface area (Å²) in [5.74, 6) is -0.130. The zero-order valence-electron chi connectivity index (χ0n) is 11.2. The fourth-order valence-corrected chi connectivity index (χ4v) is 2.10. The Balaban J connectivity index is 2.19. The van der Waals surface area contributed by atoms with Crippen LogP contribution in [0.4, 0.5) is 5.69 Å². The van der Waals surface area contributed by atoms with Gasteiger partial charge in [0.1, 0.15) is 5.69 Å². The molecule has 3 rings (SSSR count). The zero-order valence-corrected chi connectivity index (χ0v) is 11.2. The molecule has 0 fully saturated rings. The van der Waals surface area contributed by atoms with E-state index in [1.807, 2.05) is 31.3 Å². The third-order valence-electron chi connectivity index (χ3n) is 2.91. The predicted octanol–water partition coefficient (Wildman–Crippen LogP) is 1.99. The highest BCUT2D eigenvalue weighted by Crippen LogP contribution is 2.26. The lowest BCUT2D eigenvalue weighted by atomic mass is 10.2. The van der Waals surface area contributed by atoms with Crippen LogP contribution in [-0.2, 0) is 11.8 Å². The number of rotatable bonds is 2. The van der Waals surface area contributed by atoms with E-state index < -0.39 is 0 Å². The topological polar surface area (TPSA) is 72.7 Å². The first-order valence-electron chi connectivity index (χ1n) is 6.17. The van der Waals surface area contributed by atoms with Gasteiger partial charge in [-0.25, -0.2) is 9.67 Å². The number of hydrogen-bond acceptors (Lipinski definition) is 4. The molecule has 6 heteroatoms. The third-order valence-corrected chi connectivity index (χ3v) is 2.91. The summed E-state index contributed by atoms with van der Waals surface area (Å²) in [6, 6.07) is 7.52. The summed E-state index contributed by atoms with van der Waals surface area (Å²) in [5, 5.41) is 8.04. The molecule has 1 N–H and O–H groups in total. The smallest absolute Gasteiger partial charge is 0.221 e. The molecule has 0 aromatic carbocycles. The Morgan fingerprint density at radius 2 is 2.15 bits per heavy atom. The molecular formula is C14H13N5O. The number of fused-ring (bicyclic) bond motifs is 1. The van der Waals surface area contributed by atoms with Crippen LogP contribution >= 0.6 is 0 Å². The lowest BCUT2D eigenvalue weighted by molar-refractivity contribution is -0.114. The van der Waals surface area contributed by atoms with Gasteiger partial charge in [0.05, 0.1) is 23.0 Å². The molecule has 3 aromatic heterocycles. The Hall–Kier alpha value is -2.76. The maximum atomic E-state index is 11.1. The number of pyridine rings is 2. The van der Waals surface area contributed by atoms with Crippen LogP contribution in [0.1, 0.15) is 6.92 Å². The SMILES string of the molecule is CC(=O)Nc1cnc2c(c1)c(-c1ccccn1)nn2C. The Bertz CT molecular complexity index is 779. The molecule has 0 radical (unpaired) electrons. The number of aromatic nitrogens is 4. The number of nitrogens with one attached hydrogen (secondary N) is 1. The Kier molecular flexibility index (Phi) is 2.90. The van der Waals surface area contributed by atoms with E-state index in [2.05, 4.69) is 20.4 Å². The third kappa shape index (κ3) is 2.11. The first kappa shape index (κ1) is 12.3. The molecule has 0 bridgehead atoms. The van der Waals surface area contributed by atoms with E-state index in [0.29, 0.717) is 5.69 Å². The molecule has 0 aliphatic carbocycles. The molecule has 3 heterocycles. The number of amides is 1. The largest absolute Gasteiger partial charge is 0.325 e. The Morgan fingerprint density at radius 1 is 1.30 bits per heavy atom. The molecule has 20 heavy (non-hydrogen) atoms. The molecule has 3 aromatic rings. The van der Waals surface area contributed by atoms with Crippen molar-refractivity contribution in [1.82, 2.24) is 19.7 Å². The maximum absolute atomic E-state index is 11.1. The highest BCUT2D eigenvalue weighted by Gasteiger charge is 2.13. The molecular weight excluding hydrogens is 254 g/mol. The summed E-state index contributed by atoms with van der Waals surface area (Å²) in [7, 11) is 1.83. The van der Waals surface area contributed by atoms with Gasteiger partial charge in [-0.2, -0.15) is 5.10 Å². The van der Waals surface area contributed by atoms with Crippen LogP contribution < -0.4 is 5.32 Å². The summed E-state index contributed by atoms with van der Waals surface area (Å²) in [6.45, 7) is 1.47. The highest BCUT2D eigenvalue weighted by atomic mass is 16.1. The average molecular weight is 267 g/mol. The number of carbonyl (C=O) groups is 1. The van der Waals surface area contributed by atoms with E-state index in [4.69, 9.17) is 0 Å². The first-order chi connectivity index (χ1) is 9.65. The molecule has 0 atom stereocenters. The van der Waals surface area contributed by atoms with E-state index in [1.165, 1.54) is 6.92 Å². The van der Waals surface area contributed by atoms with Crippen LogP contribution in [0.3, 0.4) is 0 Å². The van der Waals surface area contributed by atoms with Gasteiger partial charge in [-0.1, -0.05) is 6.07 Å². The van der Waals surface area contributed by atoms with E-state index in [-0.39, 0.29) is 5.91 Å². The Morgan fingerprint density at radius 3 is 2.85 bits per heavy atom. The Labute approximate surface area is 115 Å². The van der Waals surface area contributed by atoms with E-state index >= 15 is 0 Å². The average Bonchev–Trinajstić information content (AvgIpc) is 2.76. The monoisotopic (exact) mass is 267 g/mol. The summed E-state index contributed by atoms with van der Waals surface area (Å²) >= 11 is 0. The molecule has 0 spiro atoms. The van der Waals surface area contributed by atoms with Gasteiger partial charge in [-0.15, -0.1) is 0 Å². The van der Waals surface area contributed by atoms with Gasteiger partial charge in [0.25, 0.3) is 0 Å². The lowest BCUT2D eigenvalue weighted by Gasteiger charge is -2.02. The van der Waals surface area contributed by atoms with Crippen molar-refractivity contribution in [2.75, 3.05) is 5.32 Å². The van der Waals surface area contributed by atoms with Gasteiger partial charge >= 0.3 is 0 Å². The second-order valence-electron chi connectivity index (χ2n) is 4.46. The molecule has 0 aliphatic rings. The van der Waals surface area contributed by atoms with Crippen LogP contribution in [0.25, 0.3) is 22.4 Å². The fourth-order valence-electron chi connectivity index (χ4n) is 2.10. The minimum absolute atomic E-state index is 0.130. The van der Waals surface area contributed by atoms with Gasteiger partial charge in [-0.05, 0) is 18.2 Å². The van der Waals surface area contributed by atoms with E-state index in [9.17, 15) is 4.79 Å². The van der Waals surface area contributed by atoms with Crippen molar-refractivity contribution < 1.29 is 4.79 Å². The summed E-state index contributed by atoms with van der Waals surface area (Å²) in [4.78, 5) is 19.8. The maximum Gasteiger partial charge on any atom is 0.221 e. The van der Waals surface area contributed by atoms with Crippen molar-refractivity contribution in [1.29, 1.82) is 0 Å². The van der Waals surface area contributed by atoms with Crippen LogP contribution in [0.2, 0.25) is 0 Å². The van der Waals surface area contributed by atoms with Gasteiger partial charge in [0.2, 0.25) is 5.91 Å².